The largest absolute Gasteiger partial charge is 0.493 e. The number of thiazole rings is 1. The summed E-state index contributed by atoms with van der Waals surface area (Å²) in [5.74, 6) is 1.28. The van der Waals surface area contributed by atoms with Gasteiger partial charge in [0.1, 0.15) is 12.4 Å². The summed E-state index contributed by atoms with van der Waals surface area (Å²) in [6.07, 6.45) is 1.82. The normalized spacial score (nSPS) is 14.6. The molecule has 0 saturated carbocycles. The summed E-state index contributed by atoms with van der Waals surface area (Å²) < 4.78 is 25.7. The fraction of sp³-hybridized carbons (Fsp3) is 0.242. The van der Waals surface area contributed by atoms with Crippen molar-refractivity contribution in [2.45, 2.75) is 33.4 Å². The number of hydrogen-bond acceptors (Lipinski definition) is 8. The summed E-state index contributed by atoms with van der Waals surface area (Å²) in [7, 11) is 1.57. The van der Waals surface area contributed by atoms with Crippen LogP contribution in [0.5, 0.6) is 17.2 Å². The van der Waals surface area contributed by atoms with Crippen molar-refractivity contribution in [3.05, 3.63) is 119 Å². The van der Waals surface area contributed by atoms with Gasteiger partial charge in [-0.05, 0) is 79.9 Å². The van der Waals surface area contributed by atoms with Crippen LogP contribution in [-0.2, 0) is 16.1 Å². The number of benzene rings is 3. The molecule has 3 aromatic carbocycles. The van der Waals surface area contributed by atoms with E-state index in [4.69, 9.17) is 18.9 Å². The monoisotopic (exact) mass is 662 g/mol. The van der Waals surface area contributed by atoms with Gasteiger partial charge in [-0.15, -0.1) is 0 Å². The second-order valence-corrected chi connectivity index (χ2v) is 11.6. The van der Waals surface area contributed by atoms with Gasteiger partial charge in [0.05, 0.1) is 42.2 Å². The third-order valence-corrected chi connectivity index (χ3v) is 8.33. The molecule has 0 aliphatic carbocycles. The third kappa shape index (κ3) is 6.60. The van der Waals surface area contributed by atoms with Crippen molar-refractivity contribution < 1.29 is 23.7 Å². The summed E-state index contributed by atoms with van der Waals surface area (Å²) in [5.41, 5.74) is 3.12. The molecule has 43 heavy (non-hydrogen) atoms. The number of esters is 1. The van der Waals surface area contributed by atoms with Crippen molar-refractivity contribution in [2.75, 3.05) is 20.3 Å². The highest BCUT2D eigenvalue weighted by Gasteiger charge is 2.34. The summed E-state index contributed by atoms with van der Waals surface area (Å²) in [4.78, 5) is 32.3. The van der Waals surface area contributed by atoms with E-state index in [-0.39, 0.29) is 12.2 Å². The molecule has 222 valence electrons. The van der Waals surface area contributed by atoms with Gasteiger partial charge in [-0.1, -0.05) is 57.6 Å². The molecule has 2 heterocycles. The first-order valence-electron chi connectivity index (χ1n) is 13.8. The minimum atomic E-state index is -0.753. The maximum Gasteiger partial charge on any atom is 0.338 e. The number of carbonyl (C=O) groups is 1. The maximum absolute atomic E-state index is 13.9. The molecule has 0 amide bonds. The van der Waals surface area contributed by atoms with Gasteiger partial charge in [0.2, 0.25) is 0 Å². The van der Waals surface area contributed by atoms with E-state index in [2.05, 4.69) is 20.9 Å². The first-order chi connectivity index (χ1) is 20.8. The number of ether oxygens (including phenoxy) is 4. The van der Waals surface area contributed by atoms with Crippen LogP contribution in [0, 0.1) is 0 Å². The molecular formula is C33H31BrN2O6S. The Bertz CT molecular complexity index is 1840. The Morgan fingerprint density at radius 1 is 1.00 bits per heavy atom. The molecule has 10 heteroatoms. The number of allylic oxidation sites excluding steroid dienone is 1. The molecule has 0 unspecified atom stereocenters. The predicted molar refractivity (Wildman–Crippen MR) is 169 cm³/mol. The van der Waals surface area contributed by atoms with Crippen molar-refractivity contribution in [3.8, 4) is 17.2 Å². The van der Waals surface area contributed by atoms with E-state index in [1.165, 1.54) is 11.3 Å². The van der Waals surface area contributed by atoms with E-state index in [1.807, 2.05) is 67.6 Å². The van der Waals surface area contributed by atoms with Crippen molar-refractivity contribution in [1.29, 1.82) is 0 Å². The second kappa shape index (κ2) is 13.4. The highest BCUT2D eigenvalue weighted by Crippen LogP contribution is 2.36. The van der Waals surface area contributed by atoms with Gasteiger partial charge in [0.15, 0.2) is 16.3 Å². The summed E-state index contributed by atoms with van der Waals surface area (Å²) in [6.45, 7) is 6.46. The average molecular weight is 664 g/mol. The predicted octanol–water partition coefficient (Wildman–Crippen LogP) is 5.55. The lowest BCUT2D eigenvalue weighted by molar-refractivity contribution is -0.139. The lowest BCUT2D eigenvalue weighted by Gasteiger charge is -2.25. The van der Waals surface area contributed by atoms with Crippen LogP contribution in [0.25, 0.3) is 6.08 Å². The van der Waals surface area contributed by atoms with Gasteiger partial charge in [-0.3, -0.25) is 9.36 Å². The summed E-state index contributed by atoms with van der Waals surface area (Å²) in [5, 5.41) is 0. The van der Waals surface area contributed by atoms with Crippen LogP contribution < -0.4 is 29.1 Å². The van der Waals surface area contributed by atoms with Crippen molar-refractivity contribution in [1.82, 2.24) is 4.57 Å². The molecule has 5 rings (SSSR count). The van der Waals surface area contributed by atoms with E-state index in [1.54, 1.807) is 37.7 Å². The second-order valence-electron chi connectivity index (χ2n) is 9.63. The van der Waals surface area contributed by atoms with Gasteiger partial charge >= 0.3 is 5.97 Å². The maximum atomic E-state index is 13.9. The first kappa shape index (κ1) is 30.3. The highest BCUT2D eigenvalue weighted by molar-refractivity contribution is 9.10. The van der Waals surface area contributed by atoms with Crippen LogP contribution in [-0.4, -0.2) is 30.9 Å². The number of rotatable bonds is 10. The molecular weight excluding hydrogens is 632 g/mol. The standard InChI is InChI=1S/C33H31BrN2O6S/c1-5-40-27-18-23(11-16-26(27)39-4)30-29(32(38)41-6-2)20(3)35-33-36(30)31(37)28(43-33)17-21-9-14-25(15-10-21)42-19-22-7-12-24(34)13-8-22/h7-18,30H,5-6,19H2,1-4H3/b28-17-/t30-/m1/s1. The Morgan fingerprint density at radius 3 is 2.42 bits per heavy atom. The number of halogens is 1. The Hall–Kier alpha value is -4.15. The average Bonchev–Trinajstić information content (AvgIpc) is 3.30. The molecule has 1 aliphatic heterocycles. The number of nitrogens with zero attached hydrogens (tertiary/aromatic N) is 2. The fourth-order valence-electron chi connectivity index (χ4n) is 4.80. The van der Waals surface area contributed by atoms with Gasteiger partial charge in [-0.2, -0.15) is 0 Å². The number of carbonyl (C=O) groups excluding carboxylic acids is 1. The molecule has 4 aromatic rings. The molecule has 1 aliphatic rings. The van der Waals surface area contributed by atoms with Crippen molar-refractivity contribution >= 4 is 39.3 Å². The molecule has 0 spiro atoms. The molecule has 8 nitrogen and oxygen atoms in total. The van der Waals surface area contributed by atoms with Crippen LogP contribution in [0.1, 0.15) is 43.5 Å². The van der Waals surface area contributed by atoms with Gasteiger partial charge in [0, 0.05) is 4.47 Å². The van der Waals surface area contributed by atoms with Gasteiger partial charge in [-0.25, -0.2) is 9.79 Å². The van der Waals surface area contributed by atoms with Crippen LogP contribution in [0.15, 0.2) is 92.3 Å². The van der Waals surface area contributed by atoms with E-state index >= 15 is 0 Å². The Labute approximate surface area is 261 Å². The Kier molecular flexibility index (Phi) is 9.47. The number of fused-ring (bicyclic) bond motifs is 1. The first-order valence-corrected chi connectivity index (χ1v) is 15.4. The smallest absolute Gasteiger partial charge is 0.338 e. The number of hydrogen-bond donors (Lipinski definition) is 0. The van der Waals surface area contributed by atoms with E-state index in [0.29, 0.717) is 50.9 Å². The van der Waals surface area contributed by atoms with E-state index < -0.39 is 12.0 Å². The lowest BCUT2D eigenvalue weighted by Crippen LogP contribution is -2.40. The summed E-state index contributed by atoms with van der Waals surface area (Å²) >= 11 is 4.71. The molecule has 0 N–H and O–H groups in total. The molecule has 0 bridgehead atoms. The molecule has 1 atom stereocenters. The minimum Gasteiger partial charge on any atom is -0.493 e. The molecule has 0 fully saturated rings. The number of aromatic nitrogens is 1. The quantitative estimate of drug-likeness (QED) is 0.207. The van der Waals surface area contributed by atoms with Crippen LogP contribution in [0.2, 0.25) is 0 Å². The van der Waals surface area contributed by atoms with Crippen LogP contribution in [0.3, 0.4) is 0 Å². The zero-order valence-corrected chi connectivity index (χ0v) is 26.7. The summed E-state index contributed by atoms with van der Waals surface area (Å²) in [6, 6.07) is 20.2. The SMILES string of the molecule is CCOC(=O)C1=C(C)N=c2s/c(=C\c3ccc(OCc4ccc(Br)cc4)cc3)c(=O)n2[C@@H]1c1ccc(OC)c(OCC)c1. The lowest BCUT2D eigenvalue weighted by atomic mass is 9.95. The molecule has 0 radical (unpaired) electrons. The zero-order chi connectivity index (χ0) is 30.5. The fourth-order valence-corrected chi connectivity index (χ4v) is 6.11. The van der Waals surface area contributed by atoms with Gasteiger partial charge in [0.25, 0.3) is 5.56 Å². The van der Waals surface area contributed by atoms with E-state index in [0.717, 1.165) is 21.3 Å². The van der Waals surface area contributed by atoms with Crippen LogP contribution in [0.4, 0.5) is 0 Å². The highest BCUT2D eigenvalue weighted by atomic mass is 79.9. The van der Waals surface area contributed by atoms with Crippen molar-refractivity contribution in [3.63, 3.8) is 0 Å². The van der Waals surface area contributed by atoms with Crippen molar-refractivity contribution in [2.24, 2.45) is 4.99 Å². The molecule has 0 saturated heterocycles. The minimum absolute atomic E-state index is 0.197. The Morgan fingerprint density at radius 2 is 1.74 bits per heavy atom. The van der Waals surface area contributed by atoms with E-state index in [9.17, 15) is 9.59 Å². The topological polar surface area (TPSA) is 88.4 Å². The van der Waals surface area contributed by atoms with Gasteiger partial charge < -0.3 is 18.9 Å². The van der Waals surface area contributed by atoms with Crippen LogP contribution >= 0.6 is 27.3 Å². The molecule has 1 aromatic heterocycles. The zero-order valence-electron chi connectivity index (χ0n) is 24.3. The number of methoxy groups -OCH3 is 1. The third-order valence-electron chi connectivity index (χ3n) is 6.82. The Balaban J connectivity index is 1.52.